The van der Waals surface area contributed by atoms with E-state index in [4.69, 9.17) is 0 Å². The Labute approximate surface area is 56.9 Å². The summed E-state index contributed by atoms with van der Waals surface area (Å²) in [5, 5.41) is 0. The van der Waals surface area contributed by atoms with Crippen molar-refractivity contribution in [3.63, 3.8) is 0 Å². The van der Waals surface area contributed by atoms with Gasteiger partial charge in [0.25, 0.3) is 0 Å². The molecule has 0 saturated heterocycles. The van der Waals surface area contributed by atoms with Gasteiger partial charge in [-0.2, -0.15) is 0 Å². The van der Waals surface area contributed by atoms with Gasteiger partial charge in [0.1, 0.15) is 5.78 Å². The average molecular weight is 129 g/mol. The molecule has 0 amide bonds. The normalized spacial score (nSPS) is 10.2. The Morgan fingerprint density at radius 1 is 1.44 bits per heavy atom. The van der Waals surface area contributed by atoms with Crippen molar-refractivity contribution in [3.8, 4) is 0 Å². The molecule has 0 aliphatic heterocycles. The summed E-state index contributed by atoms with van der Waals surface area (Å²) in [6.45, 7) is 2.78. The fourth-order valence-corrected chi connectivity index (χ4v) is 0.525. The smallest absolute Gasteiger partial charge is 0.133 e. The van der Waals surface area contributed by atoms with Gasteiger partial charge in [-0.3, -0.25) is 4.79 Å². The van der Waals surface area contributed by atoms with E-state index in [9.17, 15) is 4.79 Å². The highest BCUT2D eigenvalue weighted by molar-refractivity contribution is 5.78. The topological polar surface area (TPSA) is 20.3 Å². The molecule has 0 aliphatic carbocycles. The van der Waals surface area contributed by atoms with E-state index in [2.05, 4.69) is 0 Å². The van der Waals surface area contributed by atoms with Crippen LogP contribution in [0.4, 0.5) is 0 Å². The van der Waals surface area contributed by atoms with E-state index in [-0.39, 0.29) is 0 Å². The molecular formula is C7H15NO. The third-order valence-electron chi connectivity index (χ3n) is 1.23. The van der Waals surface area contributed by atoms with Gasteiger partial charge in [0.2, 0.25) is 0 Å². The van der Waals surface area contributed by atoms with Crippen molar-refractivity contribution < 1.29 is 4.79 Å². The standard InChI is InChI=1S/C7H15NO/c1-4-7(9)5-6-8(2)3/h4-6H2,1-3H3. The molecule has 0 aromatic carbocycles. The lowest BCUT2D eigenvalue weighted by molar-refractivity contribution is -0.118. The van der Waals surface area contributed by atoms with E-state index in [0.29, 0.717) is 18.6 Å². The van der Waals surface area contributed by atoms with Crippen LogP contribution in [0.3, 0.4) is 0 Å². The van der Waals surface area contributed by atoms with E-state index in [1.165, 1.54) is 0 Å². The van der Waals surface area contributed by atoms with Crippen molar-refractivity contribution in [1.82, 2.24) is 4.90 Å². The van der Waals surface area contributed by atoms with Gasteiger partial charge >= 0.3 is 0 Å². The second-order valence-corrected chi connectivity index (χ2v) is 2.45. The van der Waals surface area contributed by atoms with Crippen LogP contribution in [0.5, 0.6) is 0 Å². The molecule has 9 heavy (non-hydrogen) atoms. The molecule has 0 unspecified atom stereocenters. The van der Waals surface area contributed by atoms with Gasteiger partial charge in [0, 0.05) is 19.4 Å². The van der Waals surface area contributed by atoms with E-state index in [0.717, 1.165) is 6.54 Å². The van der Waals surface area contributed by atoms with E-state index in [1.807, 2.05) is 25.9 Å². The minimum atomic E-state index is 0.351. The Morgan fingerprint density at radius 2 is 2.00 bits per heavy atom. The van der Waals surface area contributed by atoms with E-state index in [1.54, 1.807) is 0 Å². The van der Waals surface area contributed by atoms with Gasteiger partial charge in [-0.15, -0.1) is 0 Å². The SMILES string of the molecule is CCC(=O)CCN(C)C. The fraction of sp³-hybridized carbons (Fsp3) is 0.857. The number of carbonyl (C=O) groups is 1. The molecular weight excluding hydrogens is 114 g/mol. The summed E-state index contributed by atoms with van der Waals surface area (Å²) in [5.74, 6) is 0.351. The molecule has 0 atom stereocenters. The van der Waals surface area contributed by atoms with Gasteiger partial charge in [0.15, 0.2) is 0 Å². The first-order valence-corrected chi connectivity index (χ1v) is 3.33. The van der Waals surface area contributed by atoms with E-state index < -0.39 is 0 Å². The summed E-state index contributed by atoms with van der Waals surface area (Å²) in [7, 11) is 3.95. The van der Waals surface area contributed by atoms with Crippen LogP contribution in [-0.2, 0) is 4.79 Å². The summed E-state index contributed by atoms with van der Waals surface area (Å²) in [4.78, 5) is 12.7. The lowest BCUT2D eigenvalue weighted by atomic mass is 10.2. The molecule has 2 nitrogen and oxygen atoms in total. The maximum Gasteiger partial charge on any atom is 0.133 e. The number of carbonyl (C=O) groups excluding carboxylic acids is 1. The number of rotatable bonds is 4. The Bertz CT molecular complexity index is 88.9. The summed E-state index contributed by atoms with van der Waals surface area (Å²) < 4.78 is 0. The van der Waals surface area contributed by atoms with Crippen LogP contribution in [0, 0.1) is 0 Å². The maximum atomic E-state index is 10.7. The lowest BCUT2D eigenvalue weighted by Gasteiger charge is -2.06. The quantitative estimate of drug-likeness (QED) is 0.562. The van der Waals surface area contributed by atoms with Gasteiger partial charge in [-0.1, -0.05) is 6.92 Å². The van der Waals surface area contributed by atoms with Crippen LogP contribution < -0.4 is 0 Å². The van der Waals surface area contributed by atoms with Gasteiger partial charge in [-0.25, -0.2) is 0 Å². The highest BCUT2D eigenvalue weighted by atomic mass is 16.1. The molecule has 0 heterocycles. The summed E-state index contributed by atoms with van der Waals surface area (Å²) in [6, 6.07) is 0. The van der Waals surface area contributed by atoms with Crippen molar-refractivity contribution in [2.45, 2.75) is 19.8 Å². The summed E-state index contributed by atoms with van der Waals surface area (Å²) >= 11 is 0. The number of hydrogen-bond acceptors (Lipinski definition) is 2. The number of hydrogen-bond donors (Lipinski definition) is 0. The molecule has 0 aliphatic rings. The Balaban J connectivity index is 3.17. The van der Waals surface area contributed by atoms with Crippen molar-refractivity contribution in [3.05, 3.63) is 0 Å². The maximum absolute atomic E-state index is 10.7. The summed E-state index contributed by atoms with van der Waals surface area (Å²) in [5.41, 5.74) is 0. The third kappa shape index (κ3) is 5.50. The molecule has 0 fully saturated rings. The molecule has 0 saturated carbocycles. The molecule has 0 bridgehead atoms. The number of ketones is 1. The Hall–Kier alpha value is -0.370. The first-order valence-electron chi connectivity index (χ1n) is 3.33. The number of nitrogens with zero attached hydrogens (tertiary/aromatic N) is 1. The van der Waals surface area contributed by atoms with Crippen LogP contribution in [0.2, 0.25) is 0 Å². The van der Waals surface area contributed by atoms with Crippen molar-refractivity contribution >= 4 is 5.78 Å². The van der Waals surface area contributed by atoms with Crippen molar-refractivity contribution in [2.75, 3.05) is 20.6 Å². The first kappa shape index (κ1) is 8.63. The lowest BCUT2D eigenvalue weighted by Crippen LogP contribution is -2.15. The molecule has 0 rings (SSSR count). The van der Waals surface area contributed by atoms with Gasteiger partial charge < -0.3 is 4.90 Å². The van der Waals surface area contributed by atoms with Crippen molar-refractivity contribution in [2.24, 2.45) is 0 Å². The van der Waals surface area contributed by atoms with Crippen LogP contribution in [-0.4, -0.2) is 31.3 Å². The van der Waals surface area contributed by atoms with Gasteiger partial charge in [0.05, 0.1) is 0 Å². The van der Waals surface area contributed by atoms with Crippen molar-refractivity contribution in [1.29, 1.82) is 0 Å². The molecule has 0 aromatic rings. The van der Waals surface area contributed by atoms with Crippen LogP contribution in [0.25, 0.3) is 0 Å². The van der Waals surface area contributed by atoms with E-state index >= 15 is 0 Å². The number of Topliss-reactive ketones (excluding diaryl/α,β-unsaturated/α-hetero) is 1. The zero-order valence-corrected chi connectivity index (χ0v) is 6.48. The molecule has 0 spiro atoms. The monoisotopic (exact) mass is 129 g/mol. The predicted molar refractivity (Wildman–Crippen MR) is 38.5 cm³/mol. The van der Waals surface area contributed by atoms with Crippen LogP contribution >= 0.6 is 0 Å². The Morgan fingerprint density at radius 3 is 2.33 bits per heavy atom. The third-order valence-corrected chi connectivity index (χ3v) is 1.23. The minimum Gasteiger partial charge on any atom is -0.309 e. The van der Waals surface area contributed by atoms with Gasteiger partial charge in [-0.05, 0) is 14.1 Å². The fourth-order valence-electron chi connectivity index (χ4n) is 0.525. The summed E-state index contributed by atoms with van der Waals surface area (Å²) in [6.07, 6.45) is 1.37. The van der Waals surface area contributed by atoms with Crippen LogP contribution in [0.1, 0.15) is 19.8 Å². The zero-order chi connectivity index (χ0) is 7.28. The molecule has 54 valence electrons. The zero-order valence-electron chi connectivity index (χ0n) is 6.48. The Kier molecular flexibility index (Phi) is 4.32. The molecule has 0 aromatic heterocycles. The largest absolute Gasteiger partial charge is 0.309 e. The highest BCUT2D eigenvalue weighted by Crippen LogP contribution is 1.88. The molecule has 0 N–H and O–H groups in total. The first-order chi connectivity index (χ1) is 4.16. The average Bonchev–Trinajstić information content (AvgIpc) is 1.83. The second-order valence-electron chi connectivity index (χ2n) is 2.45. The highest BCUT2D eigenvalue weighted by Gasteiger charge is 1.97. The molecule has 2 heteroatoms. The minimum absolute atomic E-state index is 0.351. The molecule has 0 radical (unpaired) electrons. The second kappa shape index (κ2) is 4.50. The predicted octanol–water partition coefficient (Wildman–Crippen LogP) is 0.917. The van der Waals surface area contributed by atoms with Crippen LogP contribution in [0.15, 0.2) is 0 Å².